The van der Waals surface area contributed by atoms with Gasteiger partial charge < -0.3 is 5.32 Å². The highest BCUT2D eigenvalue weighted by Crippen LogP contribution is 2.64. The van der Waals surface area contributed by atoms with E-state index < -0.39 is 0 Å². The lowest BCUT2D eigenvalue weighted by Gasteiger charge is -2.60. The van der Waals surface area contributed by atoms with Crippen LogP contribution in [-0.4, -0.2) is 20.7 Å². The van der Waals surface area contributed by atoms with Crippen LogP contribution >= 0.6 is 39.1 Å². The molecule has 142 valence electrons. The van der Waals surface area contributed by atoms with Gasteiger partial charge in [0.2, 0.25) is 10.6 Å². The number of carbonyl (C=O) groups excluding carboxylic acids is 1. The number of anilines is 1. The third-order valence-electron chi connectivity index (χ3n) is 6.64. The Balaban J connectivity index is 1.47. The second-order valence-corrected chi connectivity index (χ2v) is 10.1. The van der Waals surface area contributed by atoms with Crippen molar-refractivity contribution in [2.24, 2.45) is 17.3 Å². The van der Waals surface area contributed by atoms with Crippen LogP contribution < -0.4 is 5.32 Å². The number of carbonyl (C=O) groups is 1. The van der Waals surface area contributed by atoms with E-state index in [1.54, 1.807) is 24.5 Å². The topological polar surface area (TPSA) is 59.8 Å². The first-order chi connectivity index (χ1) is 12.9. The van der Waals surface area contributed by atoms with Crippen LogP contribution in [0.3, 0.4) is 0 Å². The predicted molar refractivity (Wildman–Crippen MR) is 108 cm³/mol. The number of benzene rings is 1. The summed E-state index contributed by atoms with van der Waals surface area (Å²) >= 11 is 15.6. The maximum absolute atomic E-state index is 13.4. The molecule has 2 atom stereocenters. The maximum atomic E-state index is 13.4. The minimum Gasteiger partial charge on any atom is -0.324 e. The zero-order chi connectivity index (χ0) is 18.8. The molecule has 1 heterocycles. The minimum absolute atomic E-state index is 0.0735. The number of rotatable bonds is 3. The van der Waals surface area contributed by atoms with Crippen LogP contribution in [-0.2, 0) is 10.3 Å². The Morgan fingerprint density at radius 1 is 1.22 bits per heavy atom. The summed E-state index contributed by atoms with van der Waals surface area (Å²) in [6.07, 6.45) is 7.87. The molecule has 4 saturated carbocycles. The van der Waals surface area contributed by atoms with Gasteiger partial charge in [0.25, 0.3) is 0 Å². The number of hydrogen-bond acceptors (Lipinski definition) is 3. The van der Waals surface area contributed by atoms with E-state index in [9.17, 15) is 4.79 Å². The highest BCUT2D eigenvalue weighted by atomic mass is 79.9. The molecule has 1 aromatic heterocycles. The Kier molecular flexibility index (Phi) is 4.12. The normalized spacial score (nSPS) is 34.0. The van der Waals surface area contributed by atoms with Gasteiger partial charge in [0.1, 0.15) is 6.33 Å². The van der Waals surface area contributed by atoms with Crippen molar-refractivity contribution in [2.75, 3.05) is 5.32 Å². The standard InChI is InChI=1S/C19H19BrCl2N4O/c20-17-23-10-26(25-17)19-7-11-3-12(8-19)6-18(5-11,9-19)16(27)24-15-2-1-13(21)4-14(15)22/h1-2,4,10-12H,3,5-9H2,(H,24,27)/t11-,12-,18?,19?/m1/s1. The molecule has 0 spiro atoms. The van der Waals surface area contributed by atoms with Gasteiger partial charge in [-0.05, 0) is 84.5 Å². The van der Waals surface area contributed by atoms with Crippen molar-refractivity contribution < 1.29 is 4.79 Å². The van der Waals surface area contributed by atoms with Crippen LogP contribution in [0.1, 0.15) is 38.5 Å². The molecule has 4 bridgehead atoms. The summed E-state index contributed by atoms with van der Waals surface area (Å²) in [4.78, 5) is 17.7. The summed E-state index contributed by atoms with van der Waals surface area (Å²) in [5.74, 6) is 1.19. The molecular formula is C19H19BrCl2N4O. The van der Waals surface area contributed by atoms with Crippen LogP contribution in [0.25, 0.3) is 0 Å². The minimum atomic E-state index is -0.370. The number of nitrogens with zero attached hydrogens (tertiary/aromatic N) is 3. The third kappa shape index (κ3) is 2.91. The van der Waals surface area contributed by atoms with Crippen LogP contribution in [0.15, 0.2) is 29.3 Å². The summed E-state index contributed by atoms with van der Waals surface area (Å²) in [6.45, 7) is 0. The van der Waals surface area contributed by atoms with Crippen molar-refractivity contribution >= 4 is 50.7 Å². The van der Waals surface area contributed by atoms with Crippen LogP contribution in [0.4, 0.5) is 5.69 Å². The Morgan fingerprint density at radius 3 is 2.59 bits per heavy atom. The molecule has 0 radical (unpaired) electrons. The Bertz CT molecular complexity index is 916. The molecular weight excluding hydrogens is 451 g/mol. The lowest BCUT2D eigenvalue weighted by Crippen LogP contribution is -2.60. The summed E-state index contributed by atoms with van der Waals surface area (Å²) in [7, 11) is 0. The van der Waals surface area contributed by atoms with E-state index in [0.717, 1.165) is 32.1 Å². The van der Waals surface area contributed by atoms with Crippen molar-refractivity contribution in [3.8, 4) is 0 Å². The fourth-order valence-electron chi connectivity index (χ4n) is 6.07. The monoisotopic (exact) mass is 468 g/mol. The van der Waals surface area contributed by atoms with Gasteiger partial charge in [-0.25, -0.2) is 9.67 Å². The molecule has 0 unspecified atom stereocenters. The number of amides is 1. The van der Waals surface area contributed by atoms with Crippen LogP contribution in [0.5, 0.6) is 0 Å². The molecule has 4 fully saturated rings. The molecule has 0 aliphatic heterocycles. The molecule has 2 aromatic rings. The van der Waals surface area contributed by atoms with Crippen molar-refractivity contribution in [3.63, 3.8) is 0 Å². The van der Waals surface area contributed by atoms with Crippen LogP contribution in [0, 0.1) is 17.3 Å². The zero-order valence-corrected chi connectivity index (χ0v) is 17.7. The van der Waals surface area contributed by atoms with Crippen LogP contribution in [0.2, 0.25) is 10.0 Å². The smallest absolute Gasteiger partial charge is 0.230 e. The SMILES string of the molecule is O=C(Nc1ccc(Cl)cc1Cl)C12C[C@H]3C[C@H](C1)CC(n1cnc(Br)n1)(C3)C2. The van der Waals surface area contributed by atoms with Gasteiger partial charge in [-0.3, -0.25) is 4.79 Å². The largest absolute Gasteiger partial charge is 0.324 e. The lowest BCUT2D eigenvalue weighted by atomic mass is 9.46. The lowest BCUT2D eigenvalue weighted by molar-refractivity contribution is -0.150. The number of aromatic nitrogens is 3. The van der Waals surface area contributed by atoms with Gasteiger partial charge in [-0.1, -0.05) is 23.2 Å². The van der Waals surface area contributed by atoms with E-state index in [0.29, 0.717) is 32.3 Å². The summed E-state index contributed by atoms with van der Waals surface area (Å²) in [5.41, 5.74) is 0.148. The fraction of sp³-hybridized carbons (Fsp3) is 0.526. The zero-order valence-electron chi connectivity index (χ0n) is 14.6. The van der Waals surface area contributed by atoms with Gasteiger partial charge in [-0.2, -0.15) is 0 Å². The molecule has 27 heavy (non-hydrogen) atoms. The predicted octanol–water partition coefficient (Wildman–Crippen LogP) is 5.28. The molecule has 4 aliphatic carbocycles. The first kappa shape index (κ1) is 18.0. The van der Waals surface area contributed by atoms with Crippen molar-refractivity contribution in [3.05, 3.63) is 39.3 Å². The number of nitrogens with one attached hydrogen (secondary N) is 1. The highest BCUT2D eigenvalue weighted by molar-refractivity contribution is 9.10. The van der Waals surface area contributed by atoms with E-state index >= 15 is 0 Å². The Morgan fingerprint density at radius 2 is 1.96 bits per heavy atom. The van der Waals surface area contributed by atoms with Crippen molar-refractivity contribution in [2.45, 2.75) is 44.1 Å². The first-order valence-electron chi connectivity index (χ1n) is 9.22. The molecule has 4 aliphatic rings. The molecule has 1 amide bonds. The van der Waals surface area contributed by atoms with Gasteiger partial charge in [0.15, 0.2) is 0 Å². The molecule has 1 aromatic carbocycles. The average Bonchev–Trinajstić information content (AvgIpc) is 3.03. The Labute approximate surface area is 175 Å². The van der Waals surface area contributed by atoms with E-state index in [1.807, 2.05) is 4.68 Å². The summed E-state index contributed by atoms with van der Waals surface area (Å²) in [5, 5.41) is 8.66. The van der Waals surface area contributed by atoms with Gasteiger partial charge in [0.05, 0.1) is 21.7 Å². The summed E-state index contributed by atoms with van der Waals surface area (Å²) < 4.78 is 2.61. The quantitative estimate of drug-likeness (QED) is 0.664. The average molecular weight is 470 g/mol. The maximum Gasteiger partial charge on any atom is 0.230 e. The van der Waals surface area contributed by atoms with Gasteiger partial charge >= 0.3 is 0 Å². The van der Waals surface area contributed by atoms with E-state index in [2.05, 4.69) is 31.3 Å². The molecule has 6 rings (SSSR count). The highest BCUT2D eigenvalue weighted by Gasteiger charge is 2.61. The van der Waals surface area contributed by atoms with E-state index in [4.69, 9.17) is 23.2 Å². The van der Waals surface area contributed by atoms with E-state index in [1.165, 1.54) is 6.42 Å². The van der Waals surface area contributed by atoms with Crippen molar-refractivity contribution in [1.82, 2.24) is 14.8 Å². The third-order valence-corrected chi connectivity index (χ3v) is 7.55. The summed E-state index contributed by atoms with van der Waals surface area (Å²) in [6, 6.07) is 5.18. The second kappa shape index (κ2) is 6.19. The molecule has 1 N–H and O–H groups in total. The first-order valence-corrected chi connectivity index (χ1v) is 10.8. The van der Waals surface area contributed by atoms with Crippen molar-refractivity contribution in [1.29, 1.82) is 0 Å². The van der Waals surface area contributed by atoms with Gasteiger partial charge in [0, 0.05) is 5.02 Å². The fourth-order valence-corrected chi connectivity index (χ4v) is 6.78. The van der Waals surface area contributed by atoms with E-state index in [-0.39, 0.29) is 16.9 Å². The second-order valence-electron chi connectivity index (χ2n) is 8.50. The molecule has 0 saturated heterocycles. The van der Waals surface area contributed by atoms with Gasteiger partial charge in [-0.15, -0.1) is 5.10 Å². The number of halogens is 3. The molecule has 8 heteroatoms. The molecule has 5 nitrogen and oxygen atoms in total. The number of hydrogen-bond donors (Lipinski definition) is 1. The Hall–Kier alpha value is -1.11.